The smallest absolute Gasteiger partial charge is 0.421 e. The normalized spacial score (nSPS) is 10.5. The molecule has 0 atom stereocenters. The van der Waals surface area contributed by atoms with Gasteiger partial charge in [-0.1, -0.05) is 11.6 Å². The van der Waals surface area contributed by atoms with Crippen LogP contribution in [-0.2, 0) is 11.0 Å². The van der Waals surface area contributed by atoms with Crippen molar-refractivity contribution in [3.8, 4) is 5.75 Å². The van der Waals surface area contributed by atoms with Crippen molar-refractivity contribution < 1.29 is 22.7 Å². The molecule has 0 amide bonds. The average Bonchev–Trinajstić information content (AvgIpc) is 2.41. The number of H-pyrrole nitrogens is 1. The molecular weight excluding hydrogens is 341 g/mol. The first-order chi connectivity index (χ1) is 10.6. The van der Waals surface area contributed by atoms with E-state index >= 15 is 0 Å². The molecule has 7 nitrogen and oxygen atoms in total. The van der Waals surface area contributed by atoms with Crippen LogP contribution in [0.15, 0.2) is 23.4 Å². The van der Waals surface area contributed by atoms with Gasteiger partial charge in [-0.05, 0) is 6.92 Å². The second kappa shape index (κ2) is 7.68. The molecule has 2 rings (SSSR count). The van der Waals surface area contributed by atoms with Crippen LogP contribution in [0.25, 0.3) is 0 Å². The van der Waals surface area contributed by atoms with Crippen molar-refractivity contribution >= 4 is 17.6 Å². The third kappa shape index (κ3) is 6.02. The van der Waals surface area contributed by atoms with E-state index in [0.717, 1.165) is 6.92 Å². The number of nitrogens with zero attached hydrogens (tertiary/aromatic N) is 3. The second-order valence-corrected chi connectivity index (χ2v) is 4.29. The molecule has 0 bridgehead atoms. The third-order valence-corrected chi connectivity index (χ3v) is 2.30. The molecule has 124 valence electrons. The number of ether oxygens (including phenoxy) is 1. The van der Waals surface area contributed by atoms with E-state index in [1.54, 1.807) is 0 Å². The first-order valence-corrected chi connectivity index (χ1v) is 6.27. The second-order valence-electron chi connectivity index (χ2n) is 3.93. The SMILES string of the molecule is CC(=O)Oc1c(Cl)nc(C)nc1C(F)(F)F.O=c1ccnc[nH]1. The monoisotopic (exact) mass is 350 g/mol. The number of esters is 1. The maximum absolute atomic E-state index is 12.5. The summed E-state index contributed by atoms with van der Waals surface area (Å²) in [4.78, 5) is 33.4. The molecule has 1 N–H and O–H groups in total. The molecule has 0 saturated heterocycles. The van der Waals surface area contributed by atoms with Gasteiger partial charge in [-0.3, -0.25) is 9.59 Å². The van der Waals surface area contributed by atoms with Crippen LogP contribution in [0.2, 0.25) is 5.15 Å². The Bertz CT molecular complexity index is 732. The number of aromatic nitrogens is 4. The topological polar surface area (TPSA) is 97.8 Å². The van der Waals surface area contributed by atoms with Crippen molar-refractivity contribution in [1.29, 1.82) is 0 Å². The number of hydrogen-bond acceptors (Lipinski definition) is 6. The molecule has 0 saturated carbocycles. The molecule has 2 heterocycles. The Hall–Kier alpha value is -2.49. The first-order valence-electron chi connectivity index (χ1n) is 5.89. The molecule has 0 unspecified atom stereocenters. The van der Waals surface area contributed by atoms with Gasteiger partial charge in [0, 0.05) is 19.2 Å². The van der Waals surface area contributed by atoms with E-state index in [9.17, 15) is 22.8 Å². The Morgan fingerprint density at radius 1 is 1.35 bits per heavy atom. The lowest BCUT2D eigenvalue weighted by Gasteiger charge is -2.12. The van der Waals surface area contributed by atoms with Crippen LogP contribution in [0, 0.1) is 6.92 Å². The van der Waals surface area contributed by atoms with Crippen LogP contribution in [0.3, 0.4) is 0 Å². The Morgan fingerprint density at radius 2 is 2.00 bits per heavy atom. The van der Waals surface area contributed by atoms with E-state index < -0.39 is 28.7 Å². The number of carbonyl (C=O) groups excluding carboxylic acids is 1. The van der Waals surface area contributed by atoms with Gasteiger partial charge in [0.1, 0.15) is 5.82 Å². The zero-order valence-electron chi connectivity index (χ0n) is 11.8. The number of hydrogen-bond donors (Lipinski definition) is 1. The minimum absolute atomic E-state index is 0.116. The van der Waals surface area contributed by atoms with Crippen molar-refractivity contribution in [2.75, 3.05) is 0 Å². The van der Waals surface area contributed by atoms with E-state index in [4.69, 9.17) is 11.6 Å². The fraction of sp³-hybridized carbons (Fsp3) is 0.250. The molecular formula is C12H10ClF3N4O3. The molecule has 0 aliphatic rings. The molecule has 2 aromatic rings. The van der Waals surface area contributed by atoms with Gasteiger partial charge in [0.25, 0.3) is 5.56 Å². The van der Waals surface area contributed by atoms with Gasteiger partial charge in [0.2, 0.25) is 0 Å². The maximum Gasteiger partial charge on any atom is 0.437 e. The van der Waals surface area contributed by atoms with Crippen LogP contribution in [0.1, 0.15) is 18.4 Å². The molecule has 11 heteroatoms. The quantitative estimate of drug-likeness (QED) is 0.625. The van der Waals surface area contributed by atoms with Crippen LogP contribution in [0.4, 0.5) is 13.2 Å². The lowest BCUT2D eigenvalue weighted by Crippen LogP contribution is -2.15. The fourth-order valence-electron chi connectivity index (χ4n) is 1.26. The van der Waals surface area contributed by atoms with E-state index in [1.165, 1.54) is 25.5 Å². The lowest BCUT2D eigenvalue weighted by molar-refractivity contribution is -0.144. The van der Waals surface area contributed by atoms with Gasteiger partial charge in [-0.15, -0.1) is 0 Å². The summed E-state index contributed by atoms with van der Waals surface area (Å²) < 4.78 is 41.9. The molecule has 0 fully saturated rings. The predicted octanol–water partition coefficient (Wildman–Crippen LogP) is 2.15. The Kier molecular flexibility index (Phi) is 6.19. The van der Waals surface area contributed by atoms with Crippen LogP contribution in [0.5, 0.6) is 5.75 Å². The highest BCUT2D eigenvalue weighted by Crippen LogP contribution is 2.38. The van der Waals surface area contributed by atoms with Crippen molar-refractivity contribution in [3.63, 3.8) is 0 Å². The number of nitrogens with one attached hydrogen (secondary N) is 1. The fourth-order valence-corrected chi connectivity index (χ4v) is 1.51. The highest BCUT2D eigenvalue weighted by atomic mass is 35.5. The van der Waals surface area contributed by atoms with Gasteiger partial charge in [0.15, 0.2) is 16.6 Å². The zero-order chi connectivity index (χ0) is 17.6. The lowest BCUT2D eigenvalue weighted by atomic mass is 10.3. The van der Waals surface area contributed by atoms with Crippen LogP contribution < -0.4 is 10.3 Å². The largest absolute Gasteiger partial charge is 0.437 e. The molecule has 0 aromatic carbocycles. The Balaban J connectivity index is 0.000000313. The van der Waals surface area contributed by atoms with E-state index in [0.29, 0.717) is 0 Å². The van der Waals surface area contributed by atoms with Gasteiger partial charge < -0.3 is 9.72 Å². The summed E-state index contributed by atoms with van der Waals surface area (Å²) in [5.41, 5.74) is -1.48. The molecule has 0 spiro atoms. The summed E-state index contributed by atoms with van der Waals surface area (Å²) in [5, 5.41) is -0.546. The van der Waals surface area contributed by atoms with Gasteiger partial charge in [-0.2, -0.15) is 13.2 Å². The number of aromatic amines is 1. The Morgan fingerprint density at radius 3 is 2.39 bits per heavy atom. The summed E-state index contributed by atoms with van der Waals surface area (Å²) in [6.07, 6.45) is -1.97. The van der Waals surface area contributed by atoms with Gasteiger partial charge in [0.05, 0.1) is 6.33 Å². The zero-order valence-corrected chi connectivity index (χ0v) is 12.6. The molecule has 2 aromatic heterocycles. The van der Waals surface area contributed by atoms with E-state index in [2.05, 4.69) is 24.7 Å². The highest BCUT2D eigenvalue weighted by molar-refractivity contribution is 6.31. The summed E-state index contributed by atoms with van der Waals surface area (Å²) in [7, 11) is 0. The average molecular weight is 351 g/mol. The van der Waals surface area contributed by atoms with Gasteiger partial charge >= 0.3 is 12.1 Å². The van der Waals surface area contributed by atoms with E-state index in [-0.39, 0.29) is 11.4 Å². The first kappa shape index (κ1) is 18.6. The highest BCUT2D eigenvalue weighted by Gasteiger charge is 2.39. The summed E-state index contributed by atoms with van der Waals surface area (Å²) in [6, 6.07) is 1.36. The predicted molar refractivity (Wildman–Crippen MR) is 72.9 cm³/mol. The number of alkyl halides is 3. The van der Waals surface area contributed by atoms with Crippen molar-refractivity contribution in [3.05, 3.63) is 45.6 Å². The number of carbonyl (C=O) groups is 1. The maximum atomic E-state index is 12.5. The van der Waals surface area contributed by atoms with Crippen molar-refractivity contribution in [2.45, 2.75) is 20.0 Å². The molecule has 0 radical (unpaired) electrons. The summed E-state index contributed by atoms with van der Waals surface area (Å²) in [6.45, 7) is 2.20. The molecule has 0 aliphatic carbocycles. The molecule has 0 aliphatic heterocycles. The molecule has 23 heavy (non-hydrogen) atoms. The standard InChI is InChI=1S/C8H6ClF3N2O2.C4H4N2O/c1-3-13-6(8(10,11)12)5(7(9)14-3)16-4(2)15;7-4-1-2-5-3-6-4/h1-2H3;1-3H,(H,5,6,7). The van der Waals surface area contributed by atoms with Crippen molar-refractivity contribution in [1.82, 2.24) is 19.9 Å². The Labute approximate surface area is 132 Å². The number of halogens is 4. The van der Waals surface area contributed by atoms with Crippen LogP contribution >= 0.6 is 11.6 Å². The number of aryl methyl sites for hydroxylation is 1. The van der Waals surface area contributed by atoms with Gasteiger partial charge in [-0.25, -0.2) is 15.0 Å². The minimum atomic E-state index is -4.76. The third-order valence-electron chi connectivity index (χ3n) is 2.04. The summed E-state index contributed by atoms with van der Waals surface area (Å²) in [5.74, 6) is -1.96. The van der Waals surface area contributed by atoms with E-state index in [1.807, 2.05) is 0 Å². The number of rotatable bonds is 1. The summed E-state index contributed by atoms with van der Waals surface area (Å²) >= 11 is 5.46. The minimum Gasteiger partial charge on any atom is -0.421 e. The van der Waals surface area contributed by atoms with Crippen LogP contribution in [-0.4, -0.2) is 25.9 Å². The van der Waals surface area contributed by atoms with Crippen molar-refractivity contribution in [2.24, 2.45) is 0 Å².